The highest BCUT2D eigenvalue weighted by atomic mass is 16.5. The molecule has 0 saturated carbocycles. The van der Waals surface area contributed by atoms with Crippen molar-refractivity contribution in [2.24, 2.45) is 11.8 Å². The number of hydrogen-bond donors (Lipinski definition) is 2. The summed E-state index contributed by atoms with van der Waals surface area (Å²) >= 11 is 0. The van der Waals surface area contributed by atoms with E-state index >= 15 is 0 Å². The summed E-state index contributed by atoms with van der Waals surface area (Å²) in [6.45, 7) is 7.71. The maximum atomic E-state index is 11.0. The van der Waals surface area contributed by atoms with Gasteiger partial charge in [0.1, 0.15) is 17.5 Å². The van der Waals surface area contributed by atoms with E-state index in [-0.39, 0.29) is 11.7 Å². The number of allylic oxidation sites excluding steroid dienone is 4. The van der Waals surface area contributed by atoms with Gasteiger partial charge in [0.15, 0.2) is 5.78 Å². The summed E-state index contributed by atoms with van der Waals surface area (Å²) in [4.78, 5) is 11.0. The molecule has 0 bridgehead atoms. The van der Waals surface area contributed by atoms with Crippen molar-refractivity contribution in [1.82, 2.24) is 5.32 Å². The average Bonchev–Trinajstić information content (AvgIpc) is 2.59. The second-order valence-electron chi connectivity index (χ2n) is 8.22. The molecule has 2 aliphatic rings. The molecule has 4 nitrogen and oxygen atoms in total. The third-order valence-corrected chi connectivity index (χ3v) is 5.71. The molecule has 1 fully saturated rings. The van der Waals surface area contributed by atoms with Crippen LogP contribution in [-0.4, -0.2) is 35.7 Å². The monoisotopic (exact) mass is 361 g/mol. The van der Waals surface area contributed by atoms with Crippen LogP contribution in [-0.2, 0) is 9.53 Å². The highest BCUT2D eigenvalue weighted by Gasteiger charge is 2.45. The Labute approximate surface area is 158 Å². The molecule has 0 aromatic carbocycles. The Morgan fingerprint density at radius 2 is 2.19 bits per heavy atom. The van der Waals surface area contributed by atoms with Gasteiger partial charge in [-0.3, -0.25) is 4.79 Å². The lowest BCUT2D eigenvalue weighted by Crippen LogP contribution is -2.49. The number of carbonyl (C=O) groups is 1. The molecule has 0 radical (unpaired) electrons. The van der Waals surface area contributed by atoms with E-state index in [0.717, 1.165) is 37.9 Å². The largest absolute Gasteiger partial charge is 0.485 e. The van der Waals surface area contributed by atoms with Crippen LogP contribution in [0.15, 0.2) is 35.6 Å². The zero-order valence-electron chi connectivity index (χ0n) is 16.9. The van der Waals surface area contributed by atoms with E-state index in [9.17, 15) is 9.90 Å². The fourth-order valence-corrected chi connectivity index (χ4v) is 3.90. The van der Waals surface area contributed by atoms with Crippen molar-refractivity contribution < 1.29 is 14.6 Å². The van der Waals surface area contributed by atoms with Gasteiger partial charge in [-0.05, 0) is 84.1 Å². The van der Waals surface area contributed by atoms with Crippen molar-refractivity contribution in [3.8, 4) is 0 Å². The number of aliphatic hydroxyl groups excluding tert-OH is 1. The van der Waals surface area contributed by atoms with Crippen LogP contribution in [0.5, 0.6) is 0 Å². The Morgan fingerprint density at radius 3 is 2.85 bits per heavy atom. The predicted octanol–water partition coefficient (Wildman–Crippen LogP) is 3.92. The lowest BCUT2D eigenvalue weighted by molar-refractivity contribution is -0.112. The standard InChI is InChI=1S/C22H35NO3/c1-15(24)10-8-6-7-9-11-18-19-14-17(16(2)23-5)12-13-20(19)26-22(3,4)21(18)25/h8,10,13-14,16-18,21,23,25H,6-7,9,11-12H2,1-5H3/b10-8-/t16?,17?,18?,21-/m0/s1. The Balaban J connectivity index is 2.07. The van der Waals surface area contributed by atoms with Gasteiger partial charge in [-0.2, -0.15) is 0 Å². The second-order valence-corrected chi connectivity index (χ2v) is 8.22. The van der Waals surface area contributed by atoms with E-state index in [1.807, 2.05) is 27.0 Å². The minimum atomic E-state index is -0.566. The van der Waals surface area contributed by atoms with Crippen LogP contribution in [0.1, 0.15) is 59.8 Å². The summed E-state index contributed by atoms with van der Waals surface area (Å²) in [6, 6.07) is 0.393. The fraction of sp³-hybridized carbons (Fsp3) is 0.682. The second kappa shape index (κ2) is 9.01. The number of ketones is 1. The number of rotatable bonds is 8. The van der Waals surface area contributed by atoms with Crippen LogP contribution in [0, 0.1) is 11.8 Å². The van der Waals surface area contributed by atoms with Crippen LogP contribution < -0.4 is 5.32 Å². The molecule has 0 aromatic rings. The lowest BCUT2D eigenvalue weighted by atomic mass is 9.74. The Bertz CT molecular complexity index is 588. The molecule has 1 heterocycles. The Morgan fingerprint density at radius 1 is 1.46 bits per heavy atom. The van der Waals surface area contributed by atoms with Gasteiger partial charge in [-0.25, -0.2) is 0 Å². The smallest absolute Gasteiger partial charge is 0.152 e. The molecule has 0 spiro atoms. The van der Waals surface area contributed by atoms with Crippen LogP contribution in [0.4, 0.5) is 0 Å². The molecule has 2 N–H and O–H groups in total. The van der Waals surface area contributed by atoms with Crippen molar-refractivity contribution >= 4 is 5.78 Å². The first-order valence-corrected chi connectivity index (χ1v) is 9.90. The van der Waals surface area contributed by atoms with E-state index in [4.69, 9.17) is 4.74 Å². The average molecular weight is 362 g/mol. The number of nitrogens with one attached hydrogen (secondary N) is 1. The minimum Gasteiger partial charge on any atom is -0.485 e. The number of hydrogen-bond acceptors (Lipinski definition) is 4. The normalized spacial score (nSPS) is 28.8. The SMILES string of the molecule is CNC(C)C1C=C2C(=CC1)OC(C)(C)[C@@H](O)C2CCCC/C=C\C(C)=O. The fourth-order valence-electron chi connectivity index (χ4n) is 3.90. The maximum Gasteiger partial charge on any atom is 0.152 e. The van der Waals surface area contributed by atoms with E-state index in [0.29, 0.717) is 12.0 Å². The molecule has 1 aliphatic carbocycles. The number of aliphatic hydroxyl groups is 1. The maximum absolute atomic E-state index is 11.0. The summed E-state index contributed by atoms with van der Waals surface area (Å²) in [5.74, 6) is 1.59. The summed E-state index contributed by atoms with van der Waals surface area (Å²) in [5.41, 5.74) is 0.610. The third kappa shape index (κ3) is 5.08. The van der Waals surface area contributed by atoms with Crippen LogP contribution in [0.3, 0.4) is 0 Å². The van der Waals surface area contributed by atoms with E-state index in [1.165, 1.54) is 5.57 Å². The van der Waals surface area contributed by atoms with Gasteiger partial charge in [-0.1, -0.05) is 18.6 Å². The number of ether oxygens (including phenoxy) is 1. The molecular formula is C22H35NO3. The first kappa shape index (κ1) is 20.9. The molecule has 0 amide bonds. The van der Waals surface area contributed by atoms with Crippen LogP contribution in [0.2, 0.25) is 0 Å². The van der Waals surface area contributed by atoms with Crippen molar-refractivity contribution in [1.29, 1.82) is 0 Å². The van der Waals surface area contributed by atoms with Crippen molar-refractivity contribution in [2.45, 2.75) is 77.5 Å². The number of fused-ring (bicyclic) bond motifs is 1. The van der Waals surface area contributed by atoms with Gasteiger partial charge < -0.3 is 15.2 Å². The molecule has 4 atom stereocenters. The highest BCUT2D eigenvalue weighted by molar-refractivity contribution is 5.87. The number of carbonyl (C=O) groups excluding carboxylic acids is 1. The molecule has 3 unspecified atom stereocenters. The highest BCUT2D eigenvalue weighted by Crippen LogP contribution is 2.44. The molecule has 1 aliphatic heterocycles. The zero-order chi connectivity index (χ0) is 19.3. The Hall–Kier alpha value is -1.39. The van der Waals surface area contributed by atoms with E-state index in [2.05, 4.69) is 24.4 Å². The summed E-state index contributed by atoms with van der Waals surface area (Å²) in [5, 5.41) is 14.3. The van der Waals surface area contributed by atoms with Crippen molar-refractivity contribution in [3.05, 3.63) is 35.6 Å². The van der Waals surface area contributed by atoms with Crippen molar-refractivity contribution in [3.63, 3.8) is 0 Å². The molecule has 4 heteroatoms. The quantitative estimate of drug-likeness (QED) is 0.508. The van der Waals surface area contributed by atoms with Gasteiger partial charge in [0.2, 0.25) is 0 Å². The Kier molecular flexibility index (Phi) is 7.24. The zero-order valence-corrected chi connectivity index (χ0v) is 16.9. The third-order valence-electron chi connectivity index (χ3n) is 5.71. The van der Waals surface area contributed by atoms with Gasteiger partial charge >= 0.3 is 0 Å². The molecule has 146 valence electrons. The molecule has 1 saturated heterocycles. The lowest BCUT2D eigenvalue weighted by Gasteiger charge is -2.45. The summed E-state index contributed by atoms with van der Waals surface area (Å²) in [7, 11) is 1.99. The molecular weight excluding hydrogens is 326 g/mol. The van der Waals surface area contributed by atoms with E-state index in [1.54, 1.807) is 13.0 Å². The molecule has 26 heavy (non-hydrogen) atoms. The topological polar surface area (TPSA) is 58.6 Å². The summed E-state index contributed by atoms with van der Waals surface area (Å²) in [6.07, 6.45) is 12.4. The van der Waals surface area contributed by atoms with Crippen LogP contribution in [0.25, 0.3) is 0 Å². The first-order valence-electron chi connectivity index (χ1n) is 9.90. The van der Waals surface area contributed by atoms with Gasteiger partial charge in [0.05, 0.1) is 0 Å². The predicted molar refractivity (Wildman–Crippen MR) is 106 cm³/mol. The van der Waals surface area contributed by atoms with Gasteiger partial charge in [0, 0.05) is 12.0 Å². The van der Waals surface area contributed by atoms with Gasteiger partial charge in [0.25, 0.3) is 0 Å². The number of unbranched alkanes of at least 4 members (excludes halogenated alkanes) is 2. The molecule has 0 aromatic heterocycles. The minimum absolute atomic E-state index is 0.0958. The van der Waals surface area contributed by atoms with Crippen molar-refractivity contribution in [2.75, 3.05) is 7.05 Å². The van der Waals surface area contributed by atoms with Crippen LogP contribution >= 0.6 is 0 Å². The van der Waals surface area contributed by atoms with Gasteiger partial charge in [-0.15, -0.1) is 0 Å². The first-order chi connectivity index (χ1) is 12.3. The summed E-state index contributed by atoms with van der Waals surface area (Å²) < 4.78 is 6.13. The van der Waals surface area contributed by atoms with E-state index < -0.39 is 11.7 Å². The molecule has 2 rings (SSSR count).